The summed E-state index contributed by atoms with van der Waals surface area (Å²) in [6.45, 7) is 2.78. The summed E-state index contributed by atoms with van der Waals surface area (Å²) in [6.07, 6.45) is 4.76. The molecule has 0 bridgehead atoms. The van der Waals surface area contributed by atoms with E-state index >= 15 is 0 Å². The molecule has 0 fully saturated rings. The van der Waals surface area contributed by atoms with Crippen LogP contribution in [0.15, 0.2) is 59.7 Å². The van der Waals surface area contributed by atoms with Gasteiger partial charge in [0.15, 0.2) is 11.0 Å². The number of H-pyrrole nitrogens is 1. The van der Waals surface area contributed by atoms with Crippen molar-refractivity contribution in [3.05, 3.63) is 87.3 Å². The lowest BCUT2D eigenvalue weighted by molar-refractivity contribution is -0.124. The van der Waals surface area contributed by atoms with Crippen molar-refractivity contribution in [2.45, 2.75) is 44.8 Å². The minimum atomic E-state index is -0.642. The first-order valence-electron chi connectivity index (χ1n) is 11.3. The van der Waals surface area contributed by atoms with Gasteiger partial charge in [0, 0.05) is 41.5 Å². The average Bonchev–Trinajstić information content (AvgIpc) is 3.46. The molecule has 3 N–H and O–H groups in total. The van der Waals surface area contributed by atoms with E-state index < -0.39 is 6.04 Å². The summed E-state index contributed by atoms with van der Waals surface area (Å²) in [5, 5.41) is 7.31. The highest BCUT2D eigenvalue weighted by Crippen LogP contribution is 2.40. The van der Waals surface area contributed by atoms with Crippen molar-refractivity contribution in [2.24, 2.45) is 0 Å². The monoisotopic (exact) mass is 476 g/mol. The largest absolute Gasteiger partial charge is 0.361 e. The van der Waals surface area contributed by atoms with Gasteiger partial charge in [-0.3, -0.25) is 19.1 Å². The molecule has 4 heterocycles. The van der Waals surface area contributed by atoms with Gasteiger partial charge in [-0.25, -0.2) is 4.98 Å². The Balaban J connectivity index is 1.39. The van der Waals surface area contributed by atoms with Gasteiger partial charge in [0.2, 0.25) is 5.91 Å². The minimum absolute atomic E-state index is 0.00854. The van der Waals surface area contributed by atoms with Crippen LogP contribution in [0.25, 0.3) is 10.9 Å². The number of benzene rings is 1. The number of carbonyl (C=O) groups excluding carboxylic acids is 1. The molecule has 1 aliphatic rings. The highest BCUT2D eigenvalue weighted by atomic mass is 35.5. The molecule has 174 valence electrons. The molecule has 0 saturated heterocycles. The lowest BCUT2D eigenvalue weighted by Gasteiger charge is -2.16. The number of nitrogens with zero attached hydrogens (tertiary/aromatic N) is 3. The maximum atomic E-state index is 13.4. The second-order valence-electron chi connectivity index (χ2n) is 8.48. The van der Waals surface area contributed by atoms with E-state index in [0.717, 1.165) is 28.6 Å². The third-order valence-corrected chi connectivity index (χ3v) is 6.61. The van der Waals surface area contributed by atoms with Crippen molar-refractivity contribution >= 4 is 34.2 Å². The fourth-order valence-electron chi connectivity index (χ4n) is 4.60. The molecule has 1 aromatic carbocycles. The summed E-state index contributed by atoms with van der Waals surface area (Å²) in [4.78, 5) is 38.4. The number of amides is 1. The number of nitrogens with one attached hydrogen (secondary N) is 3. The van der Waals surface area contributed by atoms with Crippen LogP contribution in [-0.4, -0.2) is 25.4 Å². The third-order valence-electron chi connectivity index (χ3n) is 6.34. The SMILES string of the molecule is CC[C@H]1C[C@@H](C(=O)NCc2cc3cnccc3[nH]2)n2c1c(Cl)nc(NCc1ccccc1)c2=O. The maximum Gasteiger partial charge on any atom is 0.294 e. The Bertz CT molecular complexity index is 1360. The average molecular weight is 477 g/mol. The number of pyridine rings is 1. The van der Waals surface area contributed by atoms with E-state index in [2.05, 4.69) is 25.6 Å². The molecule has 4 aromatic rings. The van der Waals surface area contributed by atoms with Crippen LogP contribution in [0.2, 0.25) is 5.15 Å². The van der Waals surface area contributed by atoms with Crippen LogP contribution in [0.5, 0.6) is 0 Å². The van der Waals surface area contributed by atoms with Crippen LogP contribution in [0.1, 0.15) is 48.7 Å². The van der Waals surface area contributed by atoms with E-state index in [1.54, 1.807) is 12.4 Å². The molecule has 0 spiro atoms. The normalized spacial score (nSPS) is 17.0. The Kier molecular flexibility index (Phi) is 6.06. The molecule has 3 aromatic heterocycles. The molecule has 34 heavy (non-hydrogen) atoms. The number of halogens is 1. The molecule has 0 unspecified atom stereocenters. The Labute approximate surface area is 201 Å². The molecular formula is C25H25ClN6O2. The summed E-state index contributed by atoms with van der Waals surface area (Å²) in [6, 6.07) is 12.9. The van der Waals surface area contributed by atoms with Gasteiger partial charge in [-0.05, 0) is 30.5 Å². The lowest BCUT2D eigenvalue weighted by atomic mass is 9.99. The van der Waals surface area contributed by atoms with Crippen LogP contribution in [0, 0.1) is 0 Å². The fraction of sp³-hybridized carbons (Fsp3) is 0.280. The Morgan fingerprint density at radius 1 is 1.24 bits per heavy atom. The van der Waals surface area contributed by atoms with Gasteiger partial charge in [0.05, 0.1) is 12.2 Å². The zero-order valence-corrected chi connectivity index (χ0v) is 19.5. The van der Waals surface area contributed by atoms with Gasteiger partial charge >= 0.3 is 0 Å². The first-order chi connectivity index (χ1) is 16.5. The zero-order chi connectivity index (χ0) is 23.7. The van der Waals surface area contributed by atoms with E-state index in [0.29, 0.717) is 25.2 Å². The first kappa shape index (κ1) is 22.2. The predicted octanol–water partition coefficient (Wildman–Crippen LogP) is 4.14. The lowest BCUT2D eigenvalue weighted by Crippen LogP contribution is -2.36. The number of hydrogen-bond acceptors (Lipinski definition) is 5. The summed E-state index contributed by atoms with van der Waals surface area (Å²) in [5.41, 5.74) is 3.14. The first-order valence-corrected chi connectivity index (χ1v) is 11.7. The van der Waals surface area contributed by atoms with Crippen molar-refractivity contribution in [3.63, 3.8) is 0 Å². The van der Waals surface area contributed by atoms with E-state index in [1.165, 1.54) is 4.57 Å². The van der Waals surface area contributed by atoms with Gasteiger partial charge in [-0.2, -0.15) is 0 Å². The summed E-state index contributed by atoms with van der Waals surface area (Å²) in [5.74, 6) is -0.0756. The maximum absolute atomic E-state index is 13.4. The molecule has 8 nitrogen and oxygen atoms in total. The van der Waals surface area contributed by atoms with E-state index in [4.69, 9.17) is 11.6 Å². The molecule has 5 rings (SSSR count). The van der Waals surface area contributed by atoms with Gasteiger partial charge in [-0.1, -0.05) is 48.9 Å². The standard InChI is InChI=1S/C25H25ClN6O2/c1-2-16-11-20(24(33)29-14-18-10-17-13-27-9-8-19(17)30-18)32-21(16)22(26)31-23(25(32)34)28-12-15-6-4-3-5-7-15/h3-10,13,16,20,30H,2,11-12,14H2,1H3,(H,28,31)(H,29,33)/t16-,20-/m0/s1. The number of carbonyl (C=O) groups is 1. The Morgan fingerprint density at radius 2 is 2.06 bits per heavy atom. The number of aromatic nitrogens is 4. The van der Waals surface area contributed by atoms with Crippen molar-refractivity contribution in [1.29, 1.82) is 0 Å². The van der Waals surface area contributed by atoms with Crippen LogP contribution in [0.4, 0.5) is 5.82 Å². The van der Waals surface area contributed by atoms with Crippen LogP contribution < -0.4 is 16.2 Å². The van der Waals surface area contributed by atoms with Crippen molar-refractivity contribution in [1.82, 2.24) is 24.8 Å². The van der Waals surface area contributed by atoms with Gasteiger partial charge in [0.1, 0.15) is 6.04 Å². The molecule has 2 atom stereocenters. The molecule has 9 heteroatoms. The van der Waals surface area contributed by atoms with Crippen LogP contribution in [0.3, 0.4) is 0 Å². The Hall–Kier alpha value is -3.65. The van der Waals surface area contributed by atoms with Crippen molar-refractivity contribution in [2.75, 3.05) is 5.32 Å². The number of fused-ring (bicyclic) bond motifs is 2. The molecule has 0 radical (unpaired) electrons. The molecule has 0 saturated carbocycles. The number of aromatic amines is 1. The Morgan fingerprint density at radius 3 is 2.82 bits per heavy atom. The number of hydrogen-bond donors (Lipinski definition) is 3. The van der Waals surface area contributed by atoms with Crippen LogP contribution >= 0.6 is 11.6 Å². The van der Waals surface area contributed by atoms with E-state index in [-0.39, 0.29) is 28.4 Å². The summed E-state index contributed by atoms with van der Waals surface area (Å²) in [7, 11) is 0. The van der Waals surface area contributed by atoms with E-state index in [1.807, 2.05) is 49.4 Å². The second kappa shape index (κ2) is 9.30. The molecule has 0 aliphatic carbocycles. The van der Waals surface area contributed by atoms with E-state index in [9.17, 15) is 9.59 Å². The molecule has 1 amide bonds. The van der Waals surface area contributed by atoms with Gasteiger partial charge in [0.25, 0.3) is 5.56 Å². The predicted molar refractivity (Wildman–Crippen MR) is 132 cm³/mol. The highest BCUT2D eigenvalue weighted by Gasteiger charge is 2.38. The minimum Gasteiger partial charge on any atom is -0.361 e. The summed E-state index contributed by atoms with van der Waals surface area (Å²) >= 11 is 6.54. The number of rotatable bonds is 7. The van der Waals surface area contributed by atoms with Crippen molar-refractivity contribution in [3.8, 4) is 0 Å². The topological polar surface area (TPSA) is 105 Å². The van der Waals surface area contributed by atoms with Crippen molar-refractivity contribution < 1.29 is 4.79 Å². The molecule has 1 aliphatic heterocycles. The molecular weight excluding hydrogens is 452 g/mol. The van der Waals surface area contributed by atoms with Crippen LogP contribution in [-0.2, 0) is 17.9 Å². The quantitative estimate of drug-likeness (QED) is 0.372. The fourth-order valence-corrected chi connectivity index (χ4v) is 4.93. The summed E-state index contributed by atoms with van der Waals surface area (Å²) < 4.78 is 1.53. The zero-order valence-electron chi connectivity index (χ0n) is 18.7. The second-order valence-corrected chi connectivity index (χ2v) is 8.84. The van der Waals surface area contributed by atoms with Gasteiger partial charge < -0.3 is 15.6 Å². The highest BCUT2D eigenvalue weighted by molar-refractivity contribution is 6.30. The smallest absolute Gasteiger partial charge is 0.294 e. The number of anilines is 1. The third kappa shape index (κ3) is 4.17. The van der Waals surface area contributed by atoms with Gasteiger partial charge in [-0.15, -0.1) is 0 Å².